The van der Waals surface area contributed by atoms with Crippen molar-refractivity contribution in [1.82, 2.24) is 0 Å². The first-order valence-electron chi connectivity index (χ1n) is 7.92. The van der Waals surface area contributed by atoms with Crippen molar-refractivity contribution in [3.63, 3.8) is 0 Å². The first-order valence-corrected chi connectivity index (χ1v) is 7.92. The van der Waals surface area contributed by atoms with Gasteiger partial charge in [-0.1, -0.05) is 50.3 Å². The molecule has 0 nitrogen and oxygen atoms in total. The van der Waals surface area contributed by atoms with Crippen molar-refractivity contribution in [2.24, 2.45) is 5.41 Å². The van der Waals surface area contributed by atoms with Gasteiger partial charge in [0.2, 0.25) is 0 Å². The van der Waals surface area contributed by atoms with Crippen LogP contribution < -0.4 is 0 Å². The highest BCUT2D eigenvalue weighted by Crippen LogP contribution is 2.53. The predicted molar refractivity (Wildman–Crippen MR) is 90.1 cm³/mol. The third kappa shape index (κ3) is 2.16. The monoisotopic (exact) mass is 308 g/mol. The molecule has 4 rings (SSSR count). The van der Waals surface area contributed by atoms with Gasteiger partial charge < -0.3 is 0 Å². The molecule has 2 aliphatic carbocycles. The fourth-order valence-electron chi connectivity index (χ4n) is 4.03. The second-order valence-corrected chi connectivity index (χ2v) is 7.04. The maximum absolute atomic E-state index is 13.7. The molecule has 2 heteroatoms. The Morgan fingerprint density at radius 3 is 1.61 bits per heavy atom. The molecule has 0 spiro atoms. The molecule has 0 N–H and O–H groups in total. The number of hydrogen-bond donors (Lipinski definition) is 0. The molecule has 2 aromatic rings. The topological polar surface area (TPSA) is 0 Å². The lowest BCUT2D eigenvalue weighted by molar-refractivity contribution is 0.291. The summed E-state index contributed by atoms with van der Waals surface area (Å²) in [6.07, 6.45) is 8.42. The molecule has 0 saturated carbocycles. The second-order valence-electron chi connectivity index (χ2n) is 7.04. The lowest BCUT2D eigenvalue weighted by atomic mass is 9.66. The Morgan fingerprint density at radius 1 is 0.739 bits per heavy atom. The van der Waals surface area contributed by atoms with Crippen molar-refractivity contribution >= 4 is 12.2 Å². The second kappa shape index (κ2) is 4.89. The number of rotatable bonds is 2. The van der Waals surface area contributed by atoms with Gasteiger partial charge in [-0.05, 0) is 51.9 Å². The van der Waals surface area contributed by atoms with E-state index in [0.29, 0.717) is 0 Å². The van der Waals surface area contributed by atoms with Crippen molar-refractivity contribution in [2.75, 3.05) is 0 Å². The van der Waals surface area contributed by atoms with Crippen LogP contribution in [0.5, 0.6) is 0 Å². The Hall–Kier alpha value is -2.22. The summed E-state index contributed by atoms with van der Waals surface area (Å²) in [6.45, 7) is 4.36. The van der Waals surface area contributed by atoms with Gasteiger partial charge in [0, 0.05) is 11.8 Å². The molecule has 2 atom stereocenters. The first kappa shape index (κ1) is 14.4. The first-order chi connectivity index (χ1) is 11.0. The van der Waals surface area contributed by atoms with Crippen LogP contribution in [0.3, 0.4) is 0 Å². The van der Waals surface area contributed by atoms with Crippen LogP contribution in [0.1, 0.15) is 47.9 Å². The average molecular weight is 308 g/mol. The Labute approximate surface area is 135 Å². The fourth-order valence-corrected chi connectivity index (χ4v) is 4.03. The molecule has 0 heterocycles. The quantitative estimate of drug-likeness (QED) is 0.646. The lowest BCUT2D eigenvalue weighted by Gasteiger charge is -2.37. The Kier molecular flexibility index (Phi) is 3.06. The van der Waals surface area contributed by atoms with Crippen LogP contribution in [0.15, 0.2) is 48.6 Å². The van der Waals surface area contributed by atoms with Crippen molar-refractivity contribution in [3.8, 4) is 0 Å². The molecule has 116 valence electrons. The normalized spacial score (nSPS) is 21.6. The van der Waals surface area contributed by atoms with Crippen molar-refractivity contribution < 1.29 is 8.78 Å². The molecular weight excluding hydrogens is 290 g/mol. The standard InChI is InChI=1S/C21H18F2/c1-21(2,19-9-5-13-3-7-15(22)11-17(13)19)20-10-6-14-4-8-16(23)12-18(14)20/h3-12,19-20H,1-2H3. The SMILES string of the molecule is CC(C)(C1C=Cc2ccc(F)cc21)C1C=Cc2ccc(F)cc21. The summed E-state index contributed by atoms with van der Waals surface area (Å²) in [7, 11) is 0. The van der Waals surface area contributed by atoms with Gasteiger partial charge in [-0.25, -0.2) is 8.78 Å². The minimum atomic E-state index is -0.207. The van der Waals surface area contributed by atoms with Crippen LogP contribution in [0.4, 0.5) is 8.78 Å². The van der Waals surface area contributed by atoms with Crippen molar-refractivity contribution in [3.05, 3.63) is 82.4 Å². The molecular formula is C21H18F2. The molecule has 0 bridgehead atoms. The highest BCUT2D eigenvalue weighted by atomic mass is 19.1. The Morgan fingerprint density at radius 2 is 1.17 bits per heavy atom. The molecule has 0 aromatic heterocycles. The highest BCUT2D eigenvalue weighted by Gasteiger charge is 2.41. The Balaban J connectivity index is 1.77. The number of hydrogen-bond acceptors (Lipinski definition) is 0. The highest BCUT2D eigenvalue weighted by molar-refractivity contribution is 5.66. The third-order valence-corrected chi connectivity index (χ3v) is 5.31. The van der Waals surface area contributed by atoms with E-state index >= 15 is 0 Å². The molecule has 23 heavy (non-hydrogen) atoms. The number of benzene rings is 2. The van der Waals surface area contributed by atoms with E-state index in [1.807, 2.05) is 12.1 Å². The van der Waals surface area contributed by atoms with E-state index in [4.69, 9.17) is 0 Å². The summed E-state index contributed by atoms with van der Waals surface area (Å²) >= 11 is 0. The summed E-state index contributed by atoms with van der Waals surface area (Å²) in [5.74, 6) is -0.197. The lowest BCUT2D eigenvalue weighted by Crippen LogP contribution is -2.26. The van der Waals surface area contributed by atoms with Crippen LogP contribution in [0, 0.1) is 17.0 Å². The van der Waals surface area contributed by atoms with Gasteiger partial charge in [-0.3, -0.25) is 0 Å². The molecule has 0 radical (unpaired) electrons. The largest absolute Gasteiger partial charge is 0.207 e. The minimum Gasteiger partial charge on any atom is -0.207 e. The van der Waals surface area contributed by atoms with E-state index in [0.717, 1.165) is 22.3 Å². The molecule has 2 unspecified atom stereocenters. The van der Waals surface area contributed by atoms with Crippen LogP contribution in [-0.4, -0.2) is 0 Å². The van der Waals surface area contributed by atoms with E-state index < -0.39 is 0 Å². The molecule has 0 amide bonds. The van der Waals surface area contributed by atoms with E-state index in [2.05, 4.69) is 38.2 Å². The fraction of sp³-hybridized carbons (Fsp3) is 0.238. The van der Waals surface area contributed by atoms with Crippen LogP contribution in [-0.2, 0) is 0 Å². The molecule has 2 aliphatic rings. The zero-order valence-corrected chi connectivity index (χ0v) is 13.2. The van der Waals surface area contributed by atoms with Gasteiger partial charge in [-0.15, -0.1) is 0 Å². The van der Waals surface area contributed by atoms with E-state index in [1.54, 1.807) is 12.1 Å². The number of halogens is 2. The van der Waals surface area contributed by atoms with Crippen molar-refractivity contribution in [1.29, 1.82) is 0 Å². The van der Waals surface area contributed by atoms with Crippen molar-refractivity contribution in [2.45, 2.75) is 25.7 Å². The van der Waals surface area contributed by atoms with Gasteiger partial charge in [-0.2, -0.15) is 0 Å². The summed E-state index contributed by atoms with van der Waals surface area (Å²) in [6, 6.07) is 9.92. The zero-order valence-electron chi connectivity index (χ0n) is 13.2. The molecule has 0 fully saturated rings. The van der Waals surface area contributed by atoms with Crippen LogP contribution in [0.25, 0.3) is 12.2 Å². The van der Waals surface area contributed by atoms with Gasteiger partial charge >= 0.3 is 0 Å². The van der Waals surface area contributed by atoms with Crippen LogP contribution >= 0.6 is 0 Å². The van der Waals surface area contributed by atoms with E-state index in [9.17, 15) is 8.78 Å². The van der Waals surface area contributed by atoms with Gasteiger partial charge in [0.05, 0.1) is 0 Å². The van der Waals surface area contributed by atoms with Crippen LogP contribution in [0.2, 0.25) is 0 Å². The number of allylic oxidation sites excluding steroid dienone is 2. The summed E-state index contributed by atoms with van der Waals surface area (Å²) in [5.41, 5.74) is 4.02. The third-order valence-electron chi connectivity index (χ3n) is 5.31. The summed E-state index contributed by atoms with van der Waals surface area (Å²) in [4.78, 5) is 0. The average Bonchev–Trinajstić information content (AvgIpc) is 3.10. The Bertz CT molecular complexity index is 773. The maximum atomic E-state index is 13.7. The van der Waals surface area contributed by atoms with E-state index in [-0.39, 0.29) is 28.9 Å². The van der Waals surface area contributed by atoms with E-state index in [1.165, 1.54) is 12.1 Å². The summed E-state index contributed by atoms with van der Waals surface area (Å²) in [5, 5.41) is 0. The smallest absolute Gasteiger partial charge is 0.123 e. The molecule has 2 aromatic carbocycles. The predicted octanol–water partition coefficient (Wildman–Crippen LogP) is 5.91. The summed E-state index contributed by atoms with van der Waals surface area (Å²) < 4.78 is 27.4. The van der Waals surface area contributed by atoms with Gasteiger partial charge in [0.15, 0.2) is 0 Å². The number of fused-ring (bicyclic) bond motifs is 2. The molecule has 0 aliphatic heterocycles. The molecule has 0 saturated heterocycles. The van der Waals surface area contributed by atoms with Gasteiger partial charge in [0.25, 0.3) is 0 Å². The minimum absolute atomic E-state index is 0.108. The zero-order chi connectivity index (χ0) is 16.2. The maximum Gasteiger partial charge on any atom is 0.123 e. The van der Waals surface area contributed by atoms with Gasteiger partial charge in [0.1, 0.15) is 11.6 Å².